The third-order valence-electron chi connectivity index (χ3n) is 4.55. The number of pyridine rings is 1. The number of fused-ring (bicyclic) bond motifs is 1. The van der Waals surface area contributed by atoms with Crippen LogP contribution in [0.25, 0.3) is 5.52 Å². The summed E-state index contributed by atoms with van der Waals surface area (Å²) in [5.74, 6) is 0.209. The van der Waals surface area contributed by atoms with E-state index in [0.29, 0.717) is 23.4 Å². The van der Waals surface area contributed by atoms with Gasteiger partial charge in [0.25, 0.3) is 5.91 Å². The number of amides is 1. The lowest BCUT2D eigenvalue weighted by Gasteiger charge is -2.31. The van der Waals surface area contributed by atoms with E-state index in [-0.39, 0.29) is 30.0 Å². The molecule has 168 valence electrons. The van der Waals surface area contributed by atoms with Crippen molar-refractivity contribution in [3.63, 3.8) is 0 Å². The normalized spacial score (nSPS) is 11.4. The molecule has 0 fully saturated rings. The Balaban J connectivity index is 2.25. The maximum atomic E-state index is 13.6. The van der Waals surface area contributed by atoms with Gasteiger partial charge in [-0.05, 0) is 58.0 Å². The molecule has 0 aliphatic heterocycles. The number of carbonyl (C=O) groups is 1. The number of ether oxygens (including phenoxy) is 1. The molecule has 2 heterocycles. The van der Waals surface area contributed by atoms with Crippen LogP contribution in [0.1, 0.15) is 49.2 Å². The molecule has 2 aromatic heterocycles. The van der Waals surface area contributed by atoms with Gasteiger partial charge in [-0.15, -0.1) is 0 Å². The van der Waals surface area contributed by atoms with Crippen molar-refractivity contribution in [2.45, 2.75) is 39.7 Å². The zero-order chi connectivity index (χ0) is 23.5. The molecule has 9 heteroatoms. The Morgan fingerprint density at radius 2 is 1.94 bits per heavy atom. The van der Waals surface area contributed by atoms with Gasteiger partial charge >= 0.3 is 0 Å². The third-order valence-corrected chi connectivity index (χ3v) is 4.55. The van der Waals surface area contributed by atoms with Crippen LogP contribution in [0, 0.1) is 11.3 Å². The molecule has 0 aliphatic rings. The number of aromatic amines is 1. The van der Waals surface area contributed by atoms with Gasteiger partial charge in [-0.2, -0.15) is 10.3 Å². The van der Waals surface area contributed by atoms with E-state index in [1.165, 1.54) is 4.52 Å². The van der Waals surface area contributed by atoms with E-state index in [4.69, 9.17) is 9.57 Å². The topological polar surface area (TPSA) is 120 Å². The number of aliphatic hydroxyl groups excluding tert-OH is 1. The number of aliphatic hydroxyl groups is 1. The highest BCUT2D eigenvalue weighted by molar-refractivity contribution is 6.05. The number of hydroxylamine groups is 1. The fraction of sp³-hybridized carbons (Fsp3) is 0.348. The average Bonchev–Trinajstić information content (AvgIpc) is 3.22. The fourth-order valence-corrected chi connectivity index (χ4v) is 3.30. The summed E-state index contributed by atoms with van der Waals surface area (Å²) in [7, 11) is 0. The number of nitrogens with zero attached hydrogens (tertiary/aromatic N) is 3. The van der Waals surface area contributed by atoms with Gasteiger partial charge in [0.1, 0.15) is 17.4 Å². The highest BCUT2D eigenvalue weighted by atomic mass is 16.7. The van der Waals surface area contributed by atoms with Gasteiger partial charge in [0.05, 0.1) is 17.7 Å². The number of benzene rings is 1. The van der Waals surface area contributed by atoms with Crippen molar-refractivity contribution < 1.29 is 19.5 Å². The second-order valence-corrected chi connectivity index (χ2v) is 8.04. The van der Waals surface area contributed by atoms with Gasteiger partial charge < -0.3 is 9.84 Å². The van der Waals surface area contributed by atoms with Gasteiger partial charge in [-0.1, -0.05) is 0 Å². The minimum absolute atomic E-state index is 0.0641. The molecule has 9 nitrogen and oxygen atoms in total. The van der Waals surface area contributed by atoms with Crippen molar-refractivity contribution in [3.05, 3.63) is 63.4 Å². The van der Waals surface area contributed by atoms with Crippen LogP contribution in [0.2, 0.25) is 0 Å². The number of nitriles is 1. The molecule has 2 N–H and O–H groups in total. The van der Waals surface area contributed by atoms with E-state index in [0.717, 1.165) is 5.06 Å². The number of hydrogen-bond donors (Lipinski definition) is 2. The second-order valence-electron chi connectivity index (χ2n) is 8.04. The molecule has 3 aromatic rings. The Labute approximate surface area is 185 Å². The third kappa shape index (κ3) is 4.51. The summed E-state index contributed by atoms with van der Waals surface area (Å²) in [6.07, 6.45) is 1.49. The van der Waals surface area contributed by atoms with Crippen molar-refractivity contribution in [3.8, 4) is 11.8 Å². The lowest BCUT2D eigenvalue weighted by Crippen LogP contribution is -2.41. The lowest BCUT2D eigenvalue weighted by atomic mass is 10.1. The molecular weight excluding hydrogens is 412 g/mol. The van der Waals surface area contributed by atoms with E-state index >= 15 is 0 Å². The van der Waals surface area contributed by atoms with Crippen LogP contribution in [0.15, 0.2) is 41.3 Å². The molecule has 0 radical (unpaired) electrons. The molecule has 0 atom stereocenters. The Bertz CT molecular complexity index is 1210. The first kappa shape index (κ1) is 23.1. The van der Waals surface area contributed by atoms with Crippen molar-refractivity contribution in [2.75, 3.05) is 18.3 Å². The highest BCUT2D eigenvalue weighted by Gasteiger charge is 2.31. The fourth-order valence-electron chi connectivity index (χ4n) is 3.30. The molecule has 0 unspecified atom stereocenters. The molecule has 1 amide bonds. The first-order valence-electron chi connectivity index (χ1n) is 10.2. The van der Waals surface area contributed by atoms with Gasteiger partial charge in [-0.25, -0.2) is 4.52 Å². The summed E-state index contributed by atoms with van der Waals surface area (Å²) in [6, 6.07) is 10.1. The van der Waals surface area contributed by atoms with Gasteiger partial charge in [-0.3, -0.25) is 19.5 Å². The minimum Gasteiger partial charge on any atom is -0.494 e. The van der Waals surface area contributed by atoms with E-state index < -0.39 is 16.9 Å². The standard InChI is InChI=1S/C23H26N4O5/c1-5-31-16-8-6-15(7-9-16)22(30)27(32-23(2,3)4)21-17(11-13-28)20(29)18(14-24)19-10-12-25-26(19)21/h6-10,12,25,28H,5,11,13H2,1-4H3. The molecule has 3 rings (SSSR count). The van der Waals surface area contributed by atoms with E-state index in [9.17, 15) is 20.0 Å². The number of anilines is 1. The van der Waals surface area contributed by atoms with Crippen LogP contribution in [0.4, 0.5) is 5.82 Å². The maximum Gasteiger partial charge on any atom is 0.283 e. The summed E-state index contributed by atoms with van der Waals surface area (Å²) >= 11 is 0. The molecule has 0 saturated heterocycles. The van der Waals surface area contributed by atoms with Gasteiger partial charge in [0, 0.05) is 30.4 Å². The smallest absolute Gasteiger partial charge is 0.283 e. The van der Waals surface area contributed by atoms with Crippen molar-refractivity contribution in [1.82, 2.24) is 9.61 Å². The first-order valence-corrected chi connectivity index (χ1v) is 10.2. The molecule has 0 aliphatic carbocycles. The summed E-state index contributed by atoms with van der Waals surface area (Å²) in [6.45, 7) is 7.34. The van der Waals surface area contributed by atoms with E-state index in [1.807, 2.05) is 13.0 Å². The quantitative estimate of drug-likeness (QED) is 0.548. The summed E-state index contributed by atoms with van der Waals surface area (Å²) in [4.78, 5) is 32.7. The second kappa shape index (κ2) is 9.26. The molecule has 32 heavy (non-hydrogen) atoms. The molecule has 1 aromatic carbocycles. The van der Waals surface area contributed by atoms with Crippen molar-refractivity contribution >= 4 is 17.2 Å². The Morgan fingerprint density at radius 1 is 1.25 bits per heavy atom. The van der Waals surface area contributed by atoms with Crippen LogP contribution in [-0.2, 0) is 11.3 Å². The van der Waals surface area contributed by atoms with Crippen LogP contribution in [0.5, 0.6) is 5.75 Å². The number of nitrogens with one attached hydrogen (secondary N) is 1. The van der Waals surface area contributed by atoms with Crippen molar-refractivity contribution in [1.29, 1.82) is 5.26 Å². The Kier molecular flexibility index (Phi) is 6.67. The molecular formula is C23H26N4O5. The predicted molar refractivity (Wildman–Crippen MR) is 119 cm³/mol. The number of hydrogen-bond acceptors (Lipinski definition) is 6. The minimum atomic E-state index is -0.798. The van der Waals surface area contributed by atoms with Crippen molar-refractivity contribution in [2.24, 2.45) is 0 Å². The molecule has 0 saturated carbocycles. The number of aromatic nitrogens is 2. The lowest BCUT2D eigenvalue weighted by molar-refractivity contribution is -0.0174. The van der Waals surface area contributed by atoms with Crippen LogP contribution < -0.4 is 15.2 Å². The van der Waals surface area contributed by atoms with Crippen LogP contribution in [0.3, 0.4) is 0 Å². The number of rotatable bonds is 7. The summed E-state index contributed by atoms with van der Waals surface area (Å²) < 4.78 is 6.89. The predicted octanol–water partition coefficient (Wildman–Crippen LogP) is 2.81. The largest absolute Gasteiger partial charge is 0.494 e. The zero-order valence-electron chi connectivity index (χ0n) is 18.5. The van der Waals surface area contributed by atoms with Gasteiger partial charge in [0.15, 0.2) is 5.82 Å². The Morgan fingerprint density at radius 3 is 2.50 bits per heavy atom. The zero-order valence-corrected chi connectivity index (χ0v) is 18.5. The number of H-pyrrole nitrogens is 1. The average molecular weight is 438 g/mol. The highest BCUT2D eigenvalue weighted by Crippen LogP contribution is 2.27. The summed E-state index contributed by atoms with van der Waals surface area (Å²) in [5.41, 5.74) is -0.734. The maximum absolute atomic E-state index is 13.6. The monoisotopic (exact) mass is 438 g/mol. The van der Waals surface area contributed by atoms with Crippen LogP contribution >= 0.6 is 0 Å². The number of carbonyl (C=O) groups excluding carboxylic acids is 1. The molecule has 0 spiro atoms. The SMILES string of the molecule is CCOc1ccc(C(=O)N(OC(C)(C)C)c2c(CCO)c(=O)c(C#N)c3cc[nH]n23)cc1. The van der Waals surface area contributed by atoms with Crippen LogP contribution in [-0.4, -0.2) is 39.4 Å². The molecule has 0 bridgehead atoms. The summed E-state index contributed by atoms with van der Waals surface area (Å²) in [5, 5.41) is 23.1. The van der Waals surface area contributed by atoms with E-state index in [2.05, 4.69) is 5.10 Å². The Hall–Kier alpha value is -3.61. The van der Waals surface area contributed by atoms with Gasteiger partial charge in [0.2, 0.25) is 5.43 Å². The van der Waals surface area contributed by atoms with E-state index in [1.54, 1.807) is 57.3 Å². The first-order chi connectivity index (χ1) is 15.2.